The highest BCUT2D eigenvalue weighted by atomic mass is 35.5. The summed E-state index contributed by atoms with van der Waals surface area (Å²) in [5.74, 6) is 2.15. The molecule has 42 heavy (non-hydrogen) atoms. The van der Waals surface area contributed by atoms with Gasteiger partial charge in [-0.15, -0.1) is 0 Å². The summed E-state index contributed by atoms with van der Waals surface area (Å²) in [6.07, 6.45) is 1.66. The van der Waals surface area contributed by atoms with E-state index in [1.54, 1.807) is 28.0 Å². The Kier molecular flexibility index (Phi) is 10.4. The molecule has 0 bridgehead atoms. The van der Waals surface area contributed by atoms with Gasteiger partial charge in [0.2, 0.25) is 11.7 Å². The van der Waals surface area contributed by atoms with Gasteiger partial charge in [0.25, 0.3) is 5.91 Å². The maximum Gasteiger partial charge on any atom is 0.254 e. The van der Waals surface area contributed by atoms with Crippen LogP contribution >= 0.6 is 11.6 Å². The minimum atomic E-state index is -0.168. The van der Waals surface area contributed by atoms with Crippen molar-refractivity contribution >= 4 is 29.0 Å². The largest absolute Gasteiger partial charge is 0.493 e. The number of carbonyl (C=O) groups excluding carboxylic acids is 2. The van der Waals surface area contributed by atoms with Gasteiger partial charge in [-0.25, -0.2) is 0 Å². The smallest absolute Gasteiger partial charge is 0.254 e. The van der Waals surface area contributed by atoms with E-state index < -0.39 is 0 Å². The number of rotatable bonds is 10. The van der Waals surface area contributed by atoms with Crippen molar-refractivity contribution in [3.8, 4) is 23.0 Å². The minimum Gasteiger partial charge on any atom is -0.493 e. The van der Waals surface area contributed by atoms with Crippen molar-refractivity contribution < 1.29 is 28.5 Å². The lowest BCUT2D eigenvalue weighted by molar-refractivity contribution is -0.127. The summed E-state index contributed by atoms with van der Waals surface area (Å²) < 4.78 is 22.0. The van der Waals surface area contributed by atoms with Gasteiger partial charge < -0.3 is 28.7 Å². The number of piperazine rings is 1. The highest BCUT2D eigenvalue weighted by Crippen LogP contribution is 2.38. The third kappa shape index (κ3) is 7.36. The third-order valence-electron chi connectivity index (χ3n) is 6.96. The van der Waals surface area contributed by atoms with Crippen LogP contribution in [0.25, 0.3) is 5.57 Å². The van der Waals surface area contributed by atoms with Crippen LogP contribution in [0.15, 0.2) is 66.7 Å². The van der Waals surface area contributed by atoms with Crippen molar-refractivity contribution in [2.24, 2.45) is 5.92 Å². The summed E-state index contributed by atoms with van der Waals surface area (Å²) in [6.45, 7) is 6.43. The Balaban J connectivity index is 1.50. The van der Waals surface area contributed by atoms with Crippen molar-refractivity contribution in [1.82, 2.24) is 9.80 Å². The van der Waals surface area contributed by atoms with E-state index in [4.69, 9.17) is 30.5 Å². The molecule has 2 amide bonds. The number of hydrogen-bond acceptors (Lipinski definition) is 6. The molecule has 222 valence electrons. The van der Waals surface area contributed by atoms with E-state index in [0.29, 0.717) is 66.5 Å². The molecule has 1 heterocycles. The summed E-state index contributed by atoms with van der Waals surface area (Å²) in [6, 6.07) is 18.4. The lowest BCUT2D eigenvalue weighted by Crippen LogP contribution is -2.50. The van der Waals surface area contributed by atoms with Crippen LogP contribution in [-0.4, -0.2) is 75.7 Å². The number of nitrogens with zero attached hydrogens (tertiary/aromatic N) is 2. The van der Waals surface area contributed by atoms with Gasteiger partial charge in [-0.05, 0) is 59.0 Å². The zero-order valence-electron chi connectivity index (χ0n) is 24.7. The van der Waals surface area contributed by atoms with Crippen LogP contribution < -0.4 is 18.9 Å². The molecule has 0 radical (unpaired) electrons. The van der Waals surface area contributed by atoms with E-state index in [1.165, 1.54) is 21.3 Å². The van der Waals surface area contributed by atoms with Gasteiger partial charge in [-0.3, -0.25) is 9.59 Å². The number of amides is 2. The fourth-order valence-corrected chi connectivity index (χ4v) is 4.81. The molecule has 1 aliphatic rings. The monoisotopic (exact) mass is 592 g/mol. The zero-order chi connectivity index (χ0) is 30.2. The highest BCUT2D eigenvalue weighted by Gasteiger charge is 2.26. The molecular formula is C33H37ClN2O6. The standard InChI is InChI=1S/C33H37ClN2O6/c1-22(2)21-42-27-12-8-24(9-13-27)28(23-6-10-26(34)11-7-23)20-31(37)35-14-16-36(17-15-35)33(38)25-18-29(39-3)32(41-5)30(19-25)40-4/h6-13,18-20,22H,14-17,21H2,1-5H3/b28-20+. The number of ether oxygens (including phenoxy) is 4. The molecule has 0 aromatic heterocycles. The quantitative estimate of drug-likeness (QED) is 0.276. The number of benzene rings is 3. The Hall–Kier alpha value is -4.17. The van der Waals surface area contributed by atoms with Gasteiger partial charge in [0.05, 0.1) is 27.9 Å². The van der Waals surface area contributed by atoms with Crippen molar-refractivity contribution in [3.63, 3.8) is 0 Å². The maximum absolute atomic E-state index is 13.5. The lowest BCUT2D eigenvalue weighted by Gasteiger charge is -2.34. The van der Waals surface area contributed by atoms with Gasteiger partial charge in [0, 0.05) is 42.8 Å². The first-order valence-electron chi connectivity index (χ1n) is 13.8. The van der Waals surface area contributed by atoms with Crippen LogP contribution in [0.2, 0.25) is 5.02 Å². The molecule has 3 aromatic carbocycles. The van der Waals surface area contributed by atoms with E-state index in [-0.39, 0.29) is 11.8 Å². The summed E-state index contributed by atoms with van der Waals surface area (Å²) in [7, 11) is 4.54. The maximum atomic E-state index is 13.5. The summed E-state index contributed by atoms with van der Waals surface area (Å²) in [5.41, 5.74) is 2.97. The Morgan fingerprint density at radius 1 is 0.786 bits per heavy atom. The Morgan fingerprint density at radius 3 is 1.81 bits per heavy atom. The number of hydrogen-bond donors (Lipinski definition) is 0. The average Bonchev–Trinajstić information content (AvgIpc) is 3.02. The predicted octanol–water partition coefficient (Wildman–Crippen LogP) is 5.82. The van der Waals surface area contributed by atoms with Crippen LogP contribution in [-0.2, 0) is 4.79 Å². The first kappa shape index (κ1) is 30.8. The SMILES string of the molecule is COc1cc(C(=O)N2CCN(C(=O)/C=C(\c3ccc(Cl)cc3)c3ccc(OCC(C)C)cc3)CC2)cc(OC)c1OC. The second-order valence-electron chi connectivity index (χ2n) is 10.3. The molecular weight excluding hydrogens is 556 g/mol. The van der Waals surface area contributed by atoms with Crippen molar-refractivity contribution in [1.29, 1.82) is 0 Å². The van der Waals surface area contributed by atoms with Crippen LogP contribution in [0, 0.1) is 5.92 Å². The van der Waals surface area contributed by atoms with E-state index >= 15 is 0 Å². The predicted molar refractivity (Wildman–Crippen MR) is 164 cm³/mol. The molecule has 3 aromatic rings. The Labute approximate surface area is 252 Å². The Morgan fingerprint density at radius 2 is 1.31 bits per heavy atom. The molecule has 1 saturated heterocycles. The molecule has 8 nitrogen and oxygen atoms in total. The number of methoxy groups -OCH3 is 3. The average molecular weight is 593 g/mol. The molecule has 0 aliphatic carbocycles. The first-order chi connectivity index (χ1) is 20.2. The van der Waals surface area contributed by atoms with Gasteiger partial charge in [-0.2, -0.15) is 0 Å². The fourth-order valence-electron chi connectivity index (χ4n) is 4.69. The zero-order valence-corrected chi connectivity index (χ0v) is 25.4. The van der Waals surface area contributed by atoms with Crippen LogP contribution in [0.3, 0.4) is 0 Å². The molecule has 0 saturated carbocycles. The second-order valence-corrected chi connectivity index (χ2v) is 10.8. The van der Waals surface area contributed by atoms with E-state index in [9.17, 15) is 9.59 Å². The summed E-state index contributed by atoms with van der Waals surface area (Å²) >= 11 is 6.14. The van der Waals surface area contributed by atoms with E-state index in [0.717, 1.165) is 22.4 Å². The van der Waals surface area contributed by atoms with Crippen LogP contribution in [0.5, 0.6) is 23.0 Å². The minimum absolute atomic E-state index is 0.125. The lowest BCUT2D eigenvalue weighted by atomic mass is 9.97. The van der Waals surface area contributed by atoms with Crippen LogP contribution in [0.4, 0.5) is 0 Å². The molecule has 0 atom stereocenters. The summed E-state index contributed by atoms with van der Waals surface area (Å²) in [5, 5.41) is 0.620. The topological polar surface area (TPSA) is 77.5 Å². The highest BCUT2D eigenvalue weighted by molar-refractivity contribution is 6.30. The summed E-state index contributed by atoms with van der Waals surface area (Å²) in [4.78, 5) is 30.3. The molecule has 9 heteroatoms. The van der Waals surface area contributed by atoms with Crippen molar-refractivity contribution in [2.45, 2.75) is 13.8 Å². The van der Waals surface area contributed by atoms with Crippen molar-refractivity contribution in [2.75, 3.05) is 54.1 Å². The molecule has 0 unspecified atom stereocenters. The molecule has 1 aliphatic heterocycles. The molecule has 4 rings (SSSR count). The third-order valence-corrected chi connectivity index (χ3v) is 7.21. The first-order valence-corrected chi connectivity index (χ1v) is 14.2. The van der Waals surface area contributed by atoms with Gasteiger partial charge in [-0.1, -0.05) is 49.7 Å². The Bertz CT molecular complexity index is 1390. The second kappa shape index (κ2) is 14.1. The fraction of sp³-hybridized carbons (Fsp3) is 0.333. The van der Waals surface area contributed by atoms with Crippen LogP contribution in [0.1, 0.15) is 35.3 Å². The van der Waals surface area contributed by atoms with E-state index in [2.05, 4.69) is 13.8 Å². The van der Waals surface area contributed by atoms with Gasteiger partial charge >= 0.3 is 0 Å². The normalized spacial score (nSPS) is 13.6. The molecule has 0 spiro atoms. The van der Waals surface area contributed by atoms with Gasteiger partial charge in [0.1, 0.15) is 5.75 Å². The van der Waals surface area contributed by atoms with Gasteiger partial charge in [0.15, 0.2) is 11.5 Å². The van der Waals surface area contributed by atoms with E-state index in [1.807, 2.05) is 48.5 Å². The number of halogens is 1. The van der Waals surface area contributed by atoms with Crippen molar-refractivity contribution in [3.05, 3.63) is 88.5 Å². The molecule has 0 N–H and O–H groups in total. The number of carbonyl (C=O) groups is 2. The molecule has 1 fully saturated rings.